The molecule has 0 spiro atoms. The zero-order valence-corrected chi connectivity index (χ0v) is 16.9. The number of nitrogens with one attached hydrogen (secondary N) is 4. The molecule has 3 amide bonds. The highest BCUT2D eigenvalue weighted by atomic mass is 16.2. The minimum atomic E-state index is -0.453. The van der Waals surface area contributed by atoms with E-state index in [1.54, 1.807) is 4.68 Å². The Balaban J connectivity index is 1.58. The first-order valence-corrected chi connectivity index (χ1v) is 9.75. The quantitative estimate of drug-likeness (QED) is 0.440. The van der Waals surface area contributed by atoms with Gasteiger partial charge in [-0.05, 0) is 18.1 Å². The Morgan fingerprint density at radius 2 is 1.90 bits per heavy atom. The molecule has 0 aliphatic carbocycles. The summed E-state index contributed by atoms with van der Waals surface area (Å²) in [6, 6.07) is 8.89. The number of hydrogen-bond acceptors (Lipinski definition) is 5. The highest BCUT2D eigenvalue weighted by Gasteiger charge is 2.12. The number of H-pyrrole nitrogens is 1. The van der Waals surface area contributed by atoms with Crippen molar-refractivity contribution >= 4 is 23.0 Å². The lowest BCUT2D eigenvalue weighted by atomic mass is 10.2. The van der Waals surface area contributed by atoms with Crippen LogP contribution in [0.25, 0.3) is 16.7 Å². The van der Waals surface area contributed by atoms with Crippen LogP contribution in [0, 0.1) is 5.92 Å². The van der Waals surface area contributed by atoms with Crippen molar-refractivity contribution in [2.45, 2.75) is 26.8 Å². The lowest BCUT2D eigenvalue weighted by Gasteiger charge is -2.09. The molecule has 3 rings (SSSR count). The topological polar surface area (TPSA) is 134 Å². The van der Waals surface area contributed by atoms with E-state index < -0.39 is 6.03 Å². The lowest BCUT2D eigenvalue weighted by Crippen LogP contribution is -2.38. The third-order valence-corrected chi connectivity index (χ3v) is 4.25. The minimum Gasteiger partial charge on any atom is -0.356 e. The van der Waals surface area contributed by atoms with E-state index in [2.05, 4.69) is 31.0 Å². The van der Waals surface area contributed by atoms with Crippen molar-refractivity contribution in [3.8, 4) is 5.69 Å². The molecule has 1 aromatic carbocycles. The van der Waals surface area contributed by atoms with Crippen LogP contribution in [0.4, 0.5) is 4.79 Å². The molecule has 0 saturated carbocycles. The van der Waals surface area contributed by atoms with E-state index in [0.717, 1.165) is 5.69 Å². The molecule has 30 heavy (non-hydrogen) atoms. The fourth-order valence-corrected chi connectivity index (χ4v) is 2.73. The number of carbonyl (C=O) groups is 2. The molecule has 158 valence electrons. The highest BCUT2D eigenvalue weighted by molar-refractivity contribution is 5.78. The number of aromatic nitrogens is 4. The number of nitrogens with zero attached hydrogens (tertiary/aromatic N) is 3. The van der Waals surface area contributed by atoms with E-state index in [1.807, 2.05) is 44.2 Å². The summed E-state index contributed by atoms with van der Waals surface area (Å²) in [7, 11) is 0. The lowest BCUT2D eigenvalue weighted by molar-refractivity contribution is -0.121. The summed E-state index contributed by atoms with van der Waals surface area (Å²) in [5.41, 5.74) is 0.850. The van der Waals surface area contributed by atoms with Crippen LogP contribution in [0.2, 0.25) is 0 Å². The molecule has 3 aromatic rings. The van der Waals surface area contributed by atoms with Crippen LogP contribution in [-0.4, -0.2) is 44.8 Å². The van der Waals surface area contributed by atoms with Crippen LogP contribution in [0.15, 0.2) is 41.3 Å². The Bertz CT molecular complexity index is 1070. The molecule has 0 radical (unpaired) electrons. The van der Waals surface area contributed by atoms with Gasteiger partial charge in [0.05, 0.1) is 18.4 Å². The molecule has 0 bridgehead atoms. The first-order valence-electron chi connectivity index (χ1n) is 9.75. The number of amides is 3. The Kier molecular flexibility index (Phi) is 6.79. The van der Waals surface area contributed by atoms with Gasteiger partial charge in [0.15, 0.2) is 5.65 Å². The van der Waals surface area contributed by atoms with Crippen molar-refractivity contribution < 1.29 is 9.59 Å². The second-order valence-corrected chi connectivity index (χ2v) is 7.20. The van der Waals surface area contributed by atoms with E-state index in [1.165, 1.54) is 6.20 Å². The molecule has 10 nitrogen and oxygen atoms in total. The van der Waals surface area contributed by atoms with Gasteiger partial charge in [-0.25, -0.2) is 14.5 Å². The molecule has 0 fully saturated rings. The van der Waals surface area contributed by atoms with Crippen molar-refractivity contribution in [1.82, 2.24) is 35.7 Å². The number of hydrogen-bond donors (Lipinski definition) is 4. The van der Waals surface area contributed by atoms with Crippen LogP contribution in [-0.2, 0) is 11.3 Å². The van der Waals surface area contributed by atoms with Crippen molar-refractivity contribution in [3.63, 3.8) is 0 Å². The van der Waals surface area contributed by atoms with E-state index in [9.17, 15) is 14.4 Å². The van der Waals surface area contributed by atoms with Gasteiger partial charge in [0.1, 0.15) is 11.2 Å². The van der Waals surface area contributed by atoms with Gasteiger partial charge in [-0.1, -0.05) is 32.0 Å². The number of rotatable bonds is 8. The number of urea groups is 1. The Morgan fingerprint density at radius 3 is 2.63 bits per heavy atom. The molecule has 0 unspecified atom stereocenters. The van der Waals surface area contributed by atoms with Crippen molar-refractivity contribution in [2.75, 3.05) is 13.1 Å². The fraction of sp³-hybridized carbons (Fsp3) is 0.350. The third kappa shape index (κ3) is 5.43. The van der Waals surface area contributed by atoms with Crippen molar-refractivity contribution in [2.24, 2.45) is 5.92 Å². The van der Waals surface area contributed by atoms with Crippen LogP contribution < -0.4 is 21.5 Å². The smallest absolute Gasteiger partial charge is 0.315 e. The standard InChI is InChI=1S/C20H25N7O3/c1-13(2)10-22-17(28)8-9-21-20(30)23-12-16-25-18-15(19(29)26-16)11-24-27(18)14-6-4-3-5-7-14/h3-7,11,13H,8-10,12H2,1-2H3,(H,22,28)(H2,21,23,30)(H,25,26,29). The SMILES string of the molecule is CC(C)CNC(=O)CCNC(=O)NCc1nc2c(cnn2-c2ccccc2)c(=O)[nH]1. The van der Waals surface area contributed by atoms with E-state index in [-0.39, 0.29) is 31.0 Å². The number of benzene rings is 1. The second-order valence-electron chi connectivity index (χ2n) is 7.20. The average Bonchev–Trinajstić information content (AvgIpc) is 3.16. The second kappa shape index (κ2) is 9.68. The maximum absolute atomic E-state index is 12.3. The van der Waals surface area contributed by atoms with Gasteiger partial charge in [-0.3, -0.25) is 9.59 Å². The Morgan fingerprint density at radius 1 is 1.13 bits per heavy atom. The summed E-state index contributed by atoms with van der Waals surface area (Å²) in [4.78, 5) is 43.0. The number of carbonyl (C=O) groups excluding carboxylic acids is 2. The first-order chi connectivity index (χ1) is 14.4. The molecule has 4 N–H and O–H groups in total. The van der Waals surface area contributed by atoms with Gasteiger partial charge in [-0.15, -0.1) is 0 Å². The summed E-state index contributed by atoms with van der Waals surface area (Å²) >= 11 is 0. The van der Waals surface area contributed by atoms with Crippen LogP contribution >= 0.6 is 0 Å². The molecule has 0 aliphatic rings. The van der Waals surface area contributed by atoms with Crippen LogP contribution in [0.1, 0.15) is 26.1 Å². The van der Waals surface area contributed by atoms with Gasteiger partial charge < -0.3 is 20.9 Å². The van der Waals surface area contributed by atoms with Gasteiger partial charge >= 0.3 is 6.03 Å². The summed E-state index contributed by atoms with van der Waals surface area (Å²) in [6.07, 6.45) is 1.65. The van der Waals surface area contributed by atoms with Gasteiger partial charge in [0.25, 0.3) is 5.56 Å². The van der Waals surface area contributed by atoms with Gasteiger partial charge in [-0.2, -0.15) is 5.10 Å². The summed E-state index contributed by atoms with van der Waals surface area (Å²) in [6.45, 7) is 4.85. The molecule has 2 aromatic heterocycles. The minimum absolute atomic E-state index is 0.0243. The van der Waals surface area contributed by atoms with Gasteiger partial charge in [0.2, 0.25) is 5.91 Å². The number of para-hydroxylation sites is 1. The monoisotopic (exact) mass is 411 g/mol. The van der Waals surface area contributed by atoms with E-state index >= 15 is 0 Å². The van der Waals surface area contributed by atoms with Crippen LogP contribution in [0.5, 0.6) is 0 Å². The predicted octanol–water partition coefficient (Wildman–Crippen LogP) is 1.07. The van der Waals surface area contributed by atoms with E-state index in [0.29, 0.717) is 29.3 Å². The maximum Gasteiger partial charge on any atom is 0.315 e. The normalized spacial score (nSPS) is 10.9. The number of fused-ring (bicyclic) bond motifs is 1. The molecular weight excluding hydrogens is 386 g/mol. The first kappa shape index (κ1) is 21.0. The molecule has 0 atom stereocenters. The van der Waals surface area contributed by atoms with Crippen LogP contribution in [0.3, 0.4) is 0 Å². The highest BCUT2D eigenvalue weighted by Crippen LogP contribution is 2.13. The maximum atomic E-state index is 12.3. The Hall–Kier alpha value is -3.69. The molecule has 10 heteroatoms. The molecule has 2 heterocycles. The summed E-state index contributed by atoms with van der Waals surface area (Å²) in [5, 5.41) is 12.6. The molecule has 0 saturated heterocycles. The third-order valence-electron chi connectivity index (χ3n) is 4.25. The summed E-state index contributed by atoms with van der Waals surface area (Å²) in [5.74, 6) is 0.556. The largest absolute Gasteiger partial charge is 0.356 e. The van der Waals surface area contributed by atoms with E-state index in [4.69, 9.17) is 0 Å². The zero-order chi connectivity index (χ0) is 21.5. The zero-order valence-electron chi connectivity index (χ0n) is 16.9. The predicted molar refractivity (Wildman–Crippen MR) is 112 cm³/mol. The number of aromatic amines is 1. The Labute approximate surface area is 173 Å². The van der Waals surface area contributed by atoms with Crippen molar-refractivity contribution in [1.29, 1.82) is 0 Å². The summed E-state index contributed by atoms with van der Waals surface area (Å²) < 4.78 is 1.57. The molecule has 0 aliphatic heterocycles. The fourth-order valence-electron chi connectivity index (χ4n) is 2.73. The van der Waals surface area contributed by atoms with Gasteiger partial charge in [0, 0.05) is 19.5 Å². The molecular formula is C20H25N7O3. The van der Waals surface area contributed by atoms with Crippen molar-refractivity contribution in [3.05, 3.63) is 52.7 Å². The average molecular weight is 411 g/mol.